The lowest BCUT2D eigenvalue weighted by molar-refractivity contribution is 0.0516. The third-order valence-electron chi connectivity index (χ3n) is 2.15. The minimum atomic E-state index is -0.444. The molecule has 0 bridgehead atoms. The molecular weight excluding hydrogens is 192 g/mol. The fraction of sp³-hybridized carbons (Fsp3) is 0.909. The molecule has 1 unspecified atom stereocenters. The molecule has 0 fully saturated rings. The number of rotatable bonds is 4. The number of carbonyl (C=O) groups excluding carboxylic acids is 1. The van der Waals surface area contributed by atoms with Gasteiger partial charge in [-0.1, -0.05) is 13.8 Å². The molecule has 0 aromatic carbocycles. The molecule has 0 aromatic rings. The molecule has 0 spiro atoms. The van der Waals surface area contributed by atoms with E-state index in [-0.39, 0.29) is 6.09 Å². The van der Waals surface area contributed by atoms with Gasteiger partial charge in [0.05, 0.1) is 0 Å². The summed E-state index contributed by atoms with van der Waals surface area (Å²) in [6, 6.07) is 0. The number of nitrogens with one attached hydrogen (secondary N) is 1. The van der Waals surface area contributed by atoms with E-state index in [0.29, 0.717) is 24.9 Å². The molecule has 3 N–H and O–H groups in total. The second-order valence-corrected chi connectivity index (χ2v) is 5.12. The number of ether oxygens (including phenoxy) is 1. The maximum absolute atomic E-state index is 11.3. The molecule has 0 saturated heterocycles. The standard InChI is InChI=1S/C11H24N2O2/c1-8(2)9(6-12)7-13-10(14)15-11(3,4)5/h8-9H,6-7,12H2,1-5H3,(H,13,14). The van der Waals surface area contributed by atoms with Crippen molar-refractivity contribution in [2.24, 2.45) is 17.6 Å². The van der Waals surface area contributed by atoms with Crippen molar-refractivity contribution in [3.8, 4) is 0 Å². The first-order chi connectivity index (χ1) is 6.76. The Hall–Kier alpha value is -0.770. The normalized spacial score (nSPS) is 13.8. The topological polar surface area (TPSA) is 64.3 Å². The first kappa shape index (κ1) is 14.2. The summed E-state index contributed by atoms with van der Waals surface area (Å²) in [4.78, 5) is 11.3. The number of alkyl carbamates (subject to hydrolysis) is 1. The van der Waals surface area contributed by atoms with Crippen LogP contribution in [0.3, 0.4) is 0 Å². The van der Waals surface area contributed by atoms with Crippen molar-refractivity contribution in [2.45, 2.75) is 40.2 Å². The fourth-order valence-corrected chi connectivity index (χ4v) is 1.12. The summed E-state index contributed by atoms with van der Waals surface area (Å²) in [6.07, 6.45) is -0.374. The molecule has 0 aliphatic heterocycles. The molecule has 1 atom stereocenters. The minimum absolute atomic E-state index is 0.303. The van der Waals surface area contributed by atoms with E-state index in [1.165, 1.54) is 0 Å². The van der Waals surface area contributed by atoms with Crippen molar-refractivity contribution in [1.82, 2.24) is 5.32 Å². The van der Waals surface area contributed by atoms with E-state index in [4.69, 9.17) is 10.5 Å². The van der Waals surface area contributed by atoms with Crippen molar-refractivity contribution in [1.29, 1.82) is 0 Å². The van der Waals surface area contributed by atoms with Gasteiger partial charge < -0.3 is 15.8 Å². The van der Waals surface area contributed by atoms with Crippen LogP contribution in [-0.4, -0.2) is 24.8 Å². The van der Waals surface area contributed by atoms with Crippen LogP contribution in [0.5, 0.6) is 0 Å². The van der Waals surface area contributed by atoms with Crippen LogP contribution in [0.2, 0.25) is 0 Å². The predicted octanol–water partition coefficient (Wildman–Crippen LogP) is 1.74. The van der Waals surface area contributed by atoms with E-state index < -0.39 is 5.60 Å². The molecule has 4 heteroatoms. The van der Waals surface area contributed by atoms with E-state index in [9.17, 15) is 4.79 Å². The monoisotopic (exact) mass is 216 g/mol. The zero-order valence-electron chi connectivity index (χ0n) is 10.5. The summed E-state index contributed by atoms with van der Waals surface area (Å²) in [5, 5.41) is 2.73. The summed E-state index contributed by atoms with van der Waals surface area (Å²) in [6.45, 7) is 10.9. The Labute approximate surface area is 92.6 Å². The second kappa shape index (κ2) is 5.95. The third-order valence-corrected chi connectivity index (χ3v) is 2.15. The highest BCUT2D eigenvalue weighted by Crippen LogP contribution is 2.09. The zero-order valence-corrected chi connectivity index (χ0v) is 10.5. The lowest BCUT2D eigenvalue weighted by Crippen LogP contribution is -2.38. The highest BCUT2D eigenvalue weighted by molar-refractivity contribution is 5.67. The maximum atomic E-state index is 11.3. The van der Waals surface area contributed by atoms with Crippen molar-refractivity contribution in [3.63, 3.8) is 0 Å². The molecule has 0 rings (SSSR count). The Bertz CT molecular complexity index is 197. The molecule has 1 amide bonds. The highest BCUT2D eigenvalue weighted by atomic mass is 16.6. The van der Waals surface area contributed by atoms with Gasteiger partial charge >= 0.3 is 6.09 Å². The van der Waals surface area contributed by atoms with Crippen LogP contribution in [0.25, 0.3) is 0 Å². The average molecular weight is 216 g/mol. The summed E-state index contributed by atoms with van der Waals surface area (Å²) in [5.74, 6) is 0.766. The first-order valence-corrected chi connectivity index (χ1v) is 5.43. The first-order valence-electron chi connectivity index (χ1n) is 5.43. The second-order valence-electron chi connectivity index (χ2n) is 5.12. The lowest BCUT2D eigenvalue weighted by Gasteiger charge is -2.22. The van der Waals surface area contributed by atoms with E-state index >= 15 is 0 Å². The van der Waals surface area contributed by atoms with Crippen LogP contribution in [0.4, 0.5) is 4.79 Å². The van der Waals surface area contributed by atoms with Gasteiger partial charge in [-0.2, -0.15) is 0 Å². The smallest absolute Gasteiger partial charge is 0.407 e. The van der Waals surface area contributed by atoms with Crippen LogP contribution >= 0.6 is 0 Å². The van der Waals surface area contributed by atoms with Gasteiger partial charge in [0.25, 0.3) is 0 Å². The van der Waals surface area contributed by atoms with E-state index in [1.807, 2.05) is 20.8 Å². The van der Waals surface area contributed by atoms with Crippen molar-refractivity contribution in [2.75, 3.05) is 13.1 Å². The zero-order chi connectivity index (χ0) is 12.1. The Morgan fingerprint density at radius 3 is 2.27 bits per heavy atom. The molecule has 90 valence electrons. The number of hydrogen-bond donors (Lipinski definition) is 2. The number of amides is 1. The number of nitrogens with two attached hydrogens (primary N) is 1. The Morgan fingerprint density at radius 2 is 1.93 bits per heavy atom. The lowest BCUT2D eigenvalue weighted by atomic mass is 9.96. The fourth-order valence-electron chi connectivity index (χ4n) is 1.12. The quantitative estimate of drug-likeness (QED) is 0.752. The molecule has 0 radical (unpaired) electrons. The van der Waals surface area contributed by atoms with Gasteiger partial charge in [0, 0.05) is 6.54 Å². The van der Waals surface area contributed by atoms with Gasteiger partial charge in [-0.3, -0.25) is 0 Å². The van der Waals surface area contributed by atoms with Gasteiger partial charge in [0.15, 0.2) is 0 Å². The molecule has 0 heterocycles. The van der Waals surface area contributed by atoms with E-state index in [0.717, 1.165) is 0 Å². The molecule has 0 aliphatic rings. The van der Waals surface area contributed by atoms with Crippen LogP contribution in [0, 0.1) is 11.8 Å². The van der Waals surface area contributed by atoms with E-state index in [2.05, 4.69) is 19.2 Å². The summed E-state index contributed by atoms with van der Waals surface area (Å²) >= 11 is 0. The third kappa shape index (κ3) is 7.19. The Kier molecular flexibility index (Phi) is 5.65. The van der Waals surface area contributed by atoms with Crippen LogP contribution in [0.1, 0.15) is 34.6 Å². The molecule has 0 aliphatic carbocycles. The summed E-state index contributed by atoms with van der Waals surface area (Å²) in [7, 11) is 0. The largest absolute Gasteiger partial charge is 0.444 e. The molecule has 0 aromatic heterocycles. The number of hydrogen-bond acceptors (Lipinski definition) is 3. The van der Waals surface area contributed by atoms with Gasteiger partial charge in [-0.15, -0.1) is 0 Å². The van der Waals surface area contributed by atoms with Gasteiger partial charge in [0.2, 0.25) is 0 Å². The van der Waals surface area contributed by atoms with Crippen LogP contribution < -0.4 is 11.1 Å². The van der Waals surface area contributed by atoms with Crippen molar-refractivity contribution in [3.05, 3.63) is 0 Å². The summed E-state index contributed by atoms with van der Waals surface area (Å²) < 4.78 is 5.12. The molecule has 4 nitrogen and oxygen atoms in total. The molecular formula is C11H24N2O2. The van der Waals surface area contributed by atoms with Crippen molar-refractivity contribution >= 4 is 6.09 Å². The predicted molar refractivity (Wildman–Crippen MR) is 61.6 cm³/mol. The summed E-state index contributed by atoms with van der Waals surface area (Å²) in [5.41, 5.74) is 5.15. The number of carbonyl (C=O) groups is 1. The van der Waals surface area contributed by atoms with Crippen LogP contribution in [0.15, 0.2) is 0 Å². The van der Waals surface area contributed by atoms with Crippen molar-refractivity contribution < 1.29 is 9.53 Å². The Balaban J connectivity index is 3.89. The minimum Gasteiger partial charge on any atom is -0.444 e. The molecule has 0 saturated carbocycles. The van der Waals surface area contributed by atoms with Gasteiger partial charge in [-0.25, -0.2) is 4.79 Å². The SMILES string of the molecule is CC(C)C(CN)CNC(=O)OC(C)(C)C. The van der Waals surface area contributed by atoms with Gasteiger partial charge in [0.1, 0.15) is 5.60 Å². The highest BCUT2D eigenvalue weighted by Gasteiger charge is 2.18. The van der Waals surface area contributed by atoms with E-state index in [1.54, 1.807) is 0 Å². The maximum Gasteiger partial charge on any atom is 0.407 e. The Morgan fingerprint density at radius 1 is 1.40 bits per heavy atom. The average Bonchev–Trinajstić information content (AvgIpc) is 2.01. The van der Waals surface area contributed by atoms with Gasteiger partial charge in [-0.05, 0) is 39.2 Å². The molecule has 15 heavy (non-hydrogen) atoms. The van der Waals surface area contributed by atoms with Crippen LogP contribution in [-0.2, 0) is 4.74 Å².